The average Bonchev–Trinajstić information content (AvgIpc) is 2.37. The summed E-state index contributed by atoms with van der Waals surface area (Å²) < 4.78 is 0. The smallest absolute Gasteiger partial charge is 0.164 e. The first-order valence-electron chi connectivity index (χ1n) is 5.69. The first kappa shape index (κ1) is 13.1. The van der Waals surface area contributed by atoms with E-state index in [1.165, 1.54) is 0 Å². The van der Waals surface area contributed by atoms with Crippen LogP contribution in [-0.2, 0) is 6.42 Å². The Morgan fingerprint density at radius 2 is 1.78 bits per heavy atom. The summed E-state index contributed by atoms with van der Waals surface area (Å²) >= 11 is 11.9. The molecule has 0 aliphatic rings. The molecule has 0 aliphatic heterocycles. The van der Waals surface area contributed by atoms with Gasteiger partial charge in [-0.15, -0.1) is 0 Å². The summed E-state index contributed by atoms with van der Waals surface area (Å²) in [4.78, 5) is 12.0. The first-order valence-corrected chi connectivity index (χ1v) is 6.44. The fourth-order valence-electron chi connectivity index (χ4n) is 1.77. The van der Waals surface area contributed by atoms with Crippen LogP contribution in [0.1, 0.15) is 22.3 Å². The Kier molecular flexibility index (Phi) is 4.40. The van der Waals surface area contributed by atoms with Gasteiger partial charge >= 0.3 is 0 Å². The summed E-state index contributed by atoms with van der Waals surface area (Å²) in [6, 6.07) is 14.7. The van der Waals surface area contributed by atoms with Crippen molar-refractivity contribution < 1.29 is 4.79 Å². The highest BCUT2D eigenvalue weighted by Crippen LogP contribution is 2.18. The van der Waals surface area contributed by atoms with Crippen LogP contribution in [0.15, 0.2) is 48.5 Å². The number of hydrogen-bond donors (Lipinski definition) is 0. The number of benzene rings is 2. The van der Waals surface area contributed by atoms with Crippen LogP contribution in [-0.4, -0.2) is 5.78 Å². The molecule has 0 radical (unpaired) electrons. The molecule has 2 rings (SSSR count). The molecule has 0 saturated carbocycles. The topological polar surface area (TPSA) is 17.1 Å². The Labute approximate surface area is 116 Å². The van der Waals surface area contributed by atoms with Crippen LogP contribution in [0, 0.1) is 0 Å². The summed E-state index contributed by atoms with van der Waals surface area (Å²) in [5.74, 6) is 0.0561. The summed E-state index contributed by atoms with van der Waals surface area (Å²) in [6.45, 7) is 0. The highest BCUT2D eigenvalue weighted by atomic mass is 35.5. The zero-order valence-corrected chi connectivity index (χ0v) is 11.2. The van der Waals surface area contributed by atoms with Crippen molar-refractivity contribution in [2.45, 2.75) is 12.8 Å². The number of aryl methyl sites for hydroxylation is 1. The molecule has 3 heteroatoms. The molecular weight excluding hydrogens is 267 g/mol. The zero-order valence-electron chi connectivity index (χ0n) is 9.70. The van der Waals surface area contributed by atoms with Crippen molar-refractivity contribution in [3.05, 3.63) is 69.7 Å². The van der Waals surface area contributed by atoms with Crippen LogP contribution in [0.25, 0.3) is 0 Å². The van der Waals surface area contributed by atoms with E-state index in [0.717, 1.165) is 5.56 Å². The third-order valence-electron chi connectivity index (χ3n) is 2.70. The lowest BCUT2D eigenvalue weighted by atomic mass is 10.0. The Morgan fingerprint density at radius 3 is 2.50 bits per heavy atom. The quantitative estimate of drug-likeness (QED) is 0.734. The molecule has 2 aromatic carbocycles. The van der Waals surface area contributed by atoms with Crippen molar-refractivity contribution in [2.75, 3.05) is 0 Å². The molecular formula is C15H12Cl2O. The predicted octanol–water partition coefficient (Wildman–Crippen LogP) is 4.81. The van der Waals surface area contributed by atoms with Crippen molar-refractivity contribution in [3.63, 3.8) is 0 Å². The van der Waals surface area contributed by atoms with E-state index in [-0.39, 0.29) is 5.78 Å². The number of halogens is 2. The summed E-state index contributed by atoms with van der Waals surface area (Å²) in [5, 5.41) is 1.20. The summed E-state index contributed by atoms with van der Waals surface area (Å²) in [7, 11) is 0. The minimum atomic E-state index is 0.0561. The maximum Gasteiger partial charge on any atom is 0.164 e. The molecule has 0 aromatic heterocycles. The van der Waals surface area contributed by atoms with Crippen molar-refractivity contribution in [3.8, 4) is 0 Å². The second-order valence-corrected chi connectivity index (χ2v) is 4.88. The standard InChI is InChI=1S/C15H12Cl2O/c16-12-5-3-4-11(10-12)8-9-15(18)13-6-1-2-7-14(13)17/h1-7,10H,8-9H2. The monoisotopic (exact) mass is 278 g/mol. The van der Waals surface area contributed by atoms with Crippen LogP contribution in [0.3, 0.4) is 0 Å². The first-order chi connectivity index (χ1) is 8.66. The fraction of sp³-hybridized carbons (Fsp3) is 0.133. The van der Waals surface area contributed by atoms with Crippen molar-refractivity contribution in [2.24, 2.45) is 0 Å². The Balaban J connectivity index is 2.03. The molecule has 0 unspecified atom stereocenters. The highest BCUT2D eigenvalue weighted by Gasteiger charge is 2.09. The molecule has 2 aromatic rings. The molecule has 18 heavy (non-hydrogen) atoms. The van der Waals surface area contributed by atoms with Gasteiger partial charge in [-0.1, -0.05) is 47.5 Å². The van der Waals surface area contributed by atoms with Gasteiger partial charge in [-0.05, 0) is 36.2 Å². The minimum Gasteiger partial charge on any atom is -0.294 e. The molecule has 0 saturated heterocycles. The maximum atomic E-state index is 12.0. The van der Waals surface area contributed by atoms with E-state index < -0.39 is 0 Å². The van der Waals surface area contributed by atoms with Gasteiger partial charge in [0.25, 0.3) is 0 Å². The Bertz CT molecular complexity index is 564. The number of carbonyl (C=O) groups is 1. The van der Waals surface area contributed by atoms with Gasteiger partial charge in [0.2, 0.25) is 0 Å². The van der Waals surface area contributed by atoms with Crippen molar-refractivity contribution >= 4 is 29.0 Å². The van der Waals surface area contributed by atoms with E-state index in [4.69, 9.17) is 23.2 Å². The SMILES string of the molecule is O=C(CCc1cccc(Cl)c1)c1ccccc1Cl. The van der Waals surface area contributed by atoms with E-state index in [9.17, 15) is 4.79 Å². The molecule has 0 atom stereocenters. The Morgan fingerprint density at radius 1 is 1.00 bits per heavy atom. The van der Waals surface area contributed by atoms with Gasteiger partial charge < -0.3 is 0 Å². The average molecular weight is 279 g/mol. The van der Waals surface area contributed by atoms with Crippen LogP contribution in [0.2, 0.25) is 10.0 Å². The number of carbonyl (C=O) groups excluding carboxylic acids is 1. The van der Waals surface area contributed by atoms with Gasteiger partial charge in [-0.3, -0.25) is 4.79 Å². The van der Waals surface area contributed by atoms with E-state index >= 15 is 0 Å². The number of rotatable bonds is 4. The van der Waals surface area contributed by atoms with Crippen LogP contribution >= 0.6 is 23.2 Å². The molecule has 0 spiro atoms. The summed E-state index contributed by atoms with van der Waals surface area (Å²) in [6.07, 6.45) is 1.11. The lowest BCUT2D eigenvalue weighted by Crippen LogP contribution is -2.01. The molecule has 0 N–H and O–H groups in total. The third-order valence-corrected chi connectivity index (χ3v) is 3.27. The lowest BCUT2D eigenvalue weighted by molar-refractivity contribution is 0.0983. The van der Waals surface area contributed by atoms with Gasteiger partial charge in [0, 0.05) is 17.0 Å². The van der Waals surface area contributed by atoms with E-state index in [0.29, 0.717) is 28.5 Å². The number of hydrogen-bond acceptors (Lipinski definition) is 1. The number of Topliss-reactive ketones (excluding diaryl/α,β-unsaturated/α-hetero) is 1. The van der Waals surface area contributed by atoms with Crippen molar-refractivity contribution in [1.29, 1.82) is 0 Å². The molecule has 92 valence electrons. The van der Waals surface area contributed by atoms with E-state index in [1.54, 1.807) is 12.1 Å². The second kappa shape index (κ2) is 6.03. The van der Waals surface area contributed by atoms with Crippen LogP contribution in [0.4, 0.5) is 0 Å². The maximum absolute atomic E-state index is 12.0. The predicted molar refractivity (Wildman–Crippen MR) is 75.6 cm³/mol. The lowest BCUT2D eigenvalue weighted by Gasteiger charge is -2.04. The Hall–Kier alpha value is -1.31. The minimum absolute atomic E-state index is 0.0561. The third kappa shape index (κ3) is 3.34. The fourth-order valence-corrected chi connectivity index (χ4v) is 2.23. The number of ketones is 1. The zero-order chi connectivity index (χ0) is 13.0. The van der Waals surface area contributed by atoms with Gasteiger partial charge in [0.15, 0.2) is 5.78 Å². The highest BCUT2D eigenvalue weighted by molar-refractivity contribution is 6.34. The summed E-state index contributed by atoms with van der Waals surface area (Å²) in [5.41, 5.74) is 1.64. The van der Waals surface area contributed by atoms with Crippen molar-refractivity contribution in [1.82, 2.24) is 0 Å². The van der Waals surface area contributed by atoms with Gasteiger partial charge in [0.05, 0.1) is 5.02 Å². The van der Waals surface area contributed by atoms with Crippen LogP contribution < -0.4 is 0 Å². The normalized spacial score (nSPS) is 10.3. The molecule has 0 amide bonds. The van der Waals surface area contributed by atoms with E-state index in [2.05, 4.69) is 0 Å². The van der Waals surface area contributed by atoms with E-state index in [1.807, 2.05) is 36.4 Å². The molecule has 0 fully saturated rings. The van der Waals surface area contributed by atoms with Gasteiger partial charge in [0.1, 0.15) is 0 Å². The molecule has 0 heterocycles. The molecule has 0 aliphatic carbocycles. The van der Waals surface area contributed by atoms with Crippen LogP contribution in [0.5, 0.6) is 0 Å². The largest absolute Gasteiger partial charge is 0.294 e. The van der Waals surface area contributed by atoms with Gasteiger partial charge in [-0.25, -0.2) is 0 Å². The second-order valence-electron chi connectivity index (χ2n) is 4.03. The van der Waals surface area contributed by atoms with Gasteiger partial charge in [-0.2, -0.15) is 0 Å². The molecule has 1 nitrogen and oxygen atoms in total. The molecule has 0 bridgehead atoms.